The van der Waals surface area contributed by atoms with Crippen molar-refractivity contribution < 1.29 is 5.11 Å². The van der Waals surface area contributed by atoms with Crippen molar-refractivity contribution in [3.8, 4) is 0 Å². The maximum absolute atomic E-state index is 9.65. The fourth-order valence-corrected chi connectivity index (χ4v) is 3.02. The first-order valence-electron chi connectivity index (χ1n) is 9.02. The van der Waals surface area contributed by atoms with Crippen molar-refractivity contribution in [1.29, 1.82) is 0 Å². The highest BCUT2D eigenvalue weighted by Crippen LogP contribution is 2.16. The quantitative estimate of drug-likeness (QED) is 0.545. The van der Waals surface area contributed by atoms with Crippen LogP contribution in [0, 0.1) is 5.92 Å². The molecule has 0 aliphatic heterocycles. The number of aliphatic hydroxyl groups is 1. The van der Waals surface area contributed by atoms with Gasteiger partial charge in [0.05, 0.1) is 6.61 Å². The Morgan fingerprint density at radius 1 is 1.14 bits per heavy atom. The summed E-state index contributed by atoms with van der Waals surface area (Å²) >= 11 is 0. The summed E-state index contributed by atoms with van der Waals surface area (Å²) in [6.07, 6.45) is 5.77. The van der Waals surface area contributed by atoms with Gasteiger partial charge in [-0.25, -0.2) is 0 Å². The largest absolute Gasteiger partial charge is 0.394 e. The zero-order valence-electron chi connectivity index (χ0n) is 15.4. The van der Waals surface area contributed by atoms with Crippen molar-refractivity contribution in [2.24, 2.45) is 5.92 Å². The molecule has 0 fully saturated rings. The van der Waals surface area contributed by atoms with Gasteiger partial charge in [-0.2, -0.15) is 0 Å². The first-order valence-corrected chi connectivity index (χ1v) is 9.02. The zero-order chi connectivity index (χ0) is 16.3. The molecule has 21 heavy (non-hydrogen) atoms. The van der Waals surface area contributed by atoms with Gasteiger partial charge in [-0.15, -0.1) is 0 Å². The Labute approximate surface area is 133 Å². The summed E-state index contributed by atoms with van der Waals surface area (Å²) in [5.74, 6) is 0.716. The molecule has 3 nitrogen and oxygen atoms in total. The predicted molar refractivity (Wildman–Crippen MR) is 93.8 cm³/mol. The van der Waals surface area contributed by atoms with E-state index in [9.17, 15) is 5.11 Å². The fraction of sp³-hybridized carbons (Fsp3) is 1.00. The summed E-state index contributed by atoms with van der Waals surface area (Å²) in [4.78, 5) is 2.66. The minimum atomic E-state index is -0.118. The normalized spacial score (nSPS) is 15.1. The third kappa shape index (κ3) is 8.80. The standard InChI is InChI=1S/C18H40N2O/c1-7-12-19-18(6,15-21)11-10-13-20(14-16(4)5)17(8-2)9-3/h16-17,19,21H,7-15H2,1-6H3. The lowest BCUT2D eigenvalue weighted by Gasteiger charge is -2.34. The molecule has 0 aliphatic rings. The first-order chi connectivity index (χ1) is 9.92. The SMILES string of the molecule is CCCNC(C)(CO)CCCN(CC(C)C)C(CC)CC. The molecule has 0 amide bonds. The Bertz CT molecular complexity index is 241. The second-order valence-electron chi connectivity index (χ2n) is 7.11. The van der Waals surface area contributed by atoms with Crippen molar-refractivity contribution in [3.63, 3.8) is 0 Å². The van der Waals surface area contributed by atoms with Crippen molar-refractivity contribution in [2.45, 2.75) is 85.2 Å². The second kappa shape index (κ2) is 11.4. The average Bonchev–Trinajstić information content (AvgIpc) is 2.45. The molecule has 128 valence electrons. The van der Waals surface area contributed by atoms with Crippen LogP contribution in [0.3, 0.4) is 0 Å². The van der Waals surface area contributed by atoms with E-state index in [1.807, 2.05) is 0 Å². The maximum atomic E-state index is 9.65. The van der Waals surface area contributed by atoms with Crippen LogP contribution in [0.1, 0.15) is 73.6 Å². The van der Waals surface area contributed by atoms with Gasteiger partial charge in [0.2, 0.25) is 0 Å². The minimum Gasteiger partial charge on any atom is -0.394 e. The molecule has 0 aromatic rings. The highest BCUT2D eigenvalue weighted by molar-refractivity contribution is 4.83. The van der Waals surface area contributed by atoms with E-state index in [2.05, 4.69) is 51.8 Å². The molecule has 0 saturated carbocycles. The van der Waals surface area contributed by atoms with Crippen LogP contribution in [0.5, 0.6) is 0 Å². The monoisotopic (exact) mass is 300 g/mol. The van der Waals surface area contributed by atoms with Crippen molar-refractivity contribution in [3.05, 3.63) is 0 Å². The Balaban J connectivity index is 4.39. The molecule has 0 heterocycles. The van der Waals surface area contributed by atoms with E-state index in [4.69, 9.17) is 0 Å². The lowest BCUT2D eigenvalue weighted by atomic mass is 9.96. The topological polar surface area (TPSA) is 35.5 Å². The number of nitrogens with zero attached hydrogens (tertiary/aromatic N) is 1. The third-order valence-corrected chi connectivity index (χ3v) is 4.38. The minimum absolute atomic E-state index is 0.118. The Morgan fingerprint density at radius 2 is 1.76 bits per heavy atom. The van der Waals surface area contributed by atoms with Crippen molar-refractivity contribution >= 4 is 0 Å². The van der Waals surface area contributed by atoms with Gasteiger partial charge in [-0.1, -0.05) is 34.6 Å². The van der Waals surface area contributed by atoms with E-state index < -0.39 is 0 Å². The highest BCUT2D eigenvalue weighted by Gasteiger charge is 2.23. The highest BCUT2D eigenvalue weighted by atomic mass is 16.3. The number of aliphatic hydroxyl groups excluding tert-OH is 1. The second-order valence-corrected chi connectivity index (χ2v) is 7.11. The van der Waals surface area contributed by atoms with Crippen LogP contribution in [0.15, 0.2) is 0 Å². The number of nitrogens with one attached hydrogen (secondary N) is 1. The molecule has 0 rings (SSSR count). The van der Waals surface area contributed by atoms with Crippen LogP contribution in [0.2, 0.25) is 0 Å². The molecule has 0 aromatic heterocycles. The maximum Gasteiger partial charge on any atom is 0.0610 e. The number of rotatable bonds is 13. The fourth-order valence-electron chi connectivity index (χ4n) is 3.02. The van der Waals surface area contributed by atoms with E-state index in [0.29, 0.717) is 12.0 Å². The van der Waals surface area contributed by atoms with Gasteiger partial charge in [0.1, 0.15) is 0 Å². The van der Waals surface area contributed by atoms with Gasteiger partial charge in [0, 0.05) is 18.1 Å². The van der Waals surface area contributed by atoms with E-state index in [1.165, 1.54) is 19.4 Å². The van der Waals surface area contributed by atoms with Crippen LogP contribution in [0.4, 0.5) is 0 Å². The molecule has 2 N–H and O–H groups in total. The van der Waals surface area contributed by atoms with Crippen LogP contribution in [-0.2, 0) is 0 Å². The third-order valence-electron chi connectivity index (χ3n) is 4.38. The van der Waals surface area contributed by atoms with Crippen molar-refractivity contribution in [2.75, 3.05) is 26.2 Å². The summed E-state index contributed by atoms with van der Waals surface area (Å²) in [6.45, 7) is 17.0. The molecular weight excluding hydrogens is 260 g/mol. The predicted octanol–water partition coefficient (Wildman–Crippen LogP) is 3.66. The molecule has 0 saturated heterocycles. The van der Waals surface area contributed by atoms with Gasteiger partial charge >= 0.3 is 0 Å². The first kappa shape index (κ1) is 20.9. The lowest BCUT2D eigenvalue weighted by molar-refractivity contribution is 0.135. The van der Waals surface area contributed by atoms with Gasteiger partial charge in [0.25, 0.3) is 0 Å². The number of hydrogen-bond acceptors (Lipinski definition) is 3. The van der Waals surface area contributed by atoms with E-state index in [-0.39, 0.29) is 12.1 Å². The molecule has 0 spiro atoms. The van der Waals surface area contributed by atoms with Crippen LogP contribution >= 0.6 is 0 Å². The molecule has 1 atom stereocenters. The smallest absolute Gasteiger partial charge is 0.0610 e. The molecule has 0 bridgehead atoms. The molecular formula is C18H40N2O. The number of hydrogen-bond donors (Lipinski definition) is 2. The molecule has 0 aliphatic carbocycles. The summed E-state index contributed by atoms with van der Waals surface area (Å²) in [6, 6.07) is 0.705. The molecule has 0 aromatic carbocycles. The Hall–Kier alpha value is -0.120. The summed E-state index contributed by atoms with van der Waals surface area (Å²) in [5, 5.41) is 13.1. The molecule has 3 heteroatoms. The lowest BCUT2D eigenvalue weighted by Crippen LogP contribution is -2.47. The summed E-state index contributed by atoms with van der Waals surface area (Å²) in [7, 11) is 0. The molecule has 1 unspecified atom stereocenters. The van der Waals surface area contributed by atoms with Gasteiger partial charge in [0.15, 0.2) is 0 Å². The summed E-state index contributed by atoms with van der Waals surface area (Å²) in [5.41, 5.74) is -0.118. The van der Waals surface area contributed by atoms with Gasteiger partial charge in [-0.05, 0) is 58.0 Å². The Kier molecular flexibility index (Phi) is 11.4. The van der Waals surface area contributed by atoms with Crippen LogP contribution in [-0.4, -0.2) is 47.8 Å². The van der Waals surface area contributed by atoms with Gasteiger partial charge < -0.3 is 15.3 Å². The van der Waals surface area contributed by atoms with E-state index in [1.54, 1.807) is 0 Å². The molecule has 0 radical (unpaired) electrons. The van der Waals surface area contributed by atoms with Crippen LogP contribution in [0.25, 0.3) is 0 Å². The van der Waals surface area contributed by atoms with Crippen molar-refractivity contribution in [1.82, 2.24) is 10.2 Å². The Morgan fingerprint density at radius 3 is 2.19 bits per heavy atom. The van der Waals surface area contributed by atoms with Gasteiger partial charge in [-0.3, -0.25) is 0 Å². The van der Waals surface area contributed by atoms with E-state index >= 15 is 0 Å². The van der Waals surface area contributed by atoms with Crippen LogP contribution < -0.4 is 5.32 Å². The average molecular weight is 301 g/mol. The summed E-state index contributed by atoms with van der Waals surface area (Å²) < 4.78 is 0. The van der Waals surface area contributed by atoms with E-state index in [0.717, 1.165) is 32.4 Å². The zero-order valence-corrected chi connectivity index (χ0v) is 15.4.